The molecule has 4 rings (SSSR count). The molecule has 86 valence electrons. The van der Waals surface area contributed by atoms with Crippen molar-refractivity contribution >= 4 is 19.0 Å². The summed E-state index contributed by atoms with van der Waals surface area (Å²) in [6.07, 6.45) is 6.40. The van der Waals surface area contributed by atoms with E-state index in [2.05, 4.69) is 49.2 Å². The fourth-order valence-corrected chi connectivity index (χ4v) is 4.19. The van der Waals surface area contributed by atoms with Crippen molar-refractivity contribution in [1.82, 2.24) is 0 Å². The number of allylic oxidation sites excluding steroid dienone is 2. The van der Waals surface area contributed by atoms with E-state index >= 15 is 0 Å². The molecule has 2 bridgehead atoms. The van der Waals surface area contributed by atoms with E-state index in [0.717, 1.165) is 23.7 Å². The molecule has 17 heavy (non-hydrogen) atoms. The van der Waals surface area contributed by atoms with E-state index in [0.29, 0.717) is 0 Å². The Balaban J connectivity index is 1.60. The summed E-state index contributed by atoms with van der Waals surface area (Å²) in [4.78, 5) is 2.61. The molecule has 0 amide bonds. The highest BCUT2D eigenvalue weighted by atomic mass is 15.2. The standard InChI is InChI=1S/C15H18BN/c16-12-2-1-3-13(7-12)17-8-14-10-4-5-11(6-10)15(14)9-17/h1-5,7,10-11,14-15H,6,8-9,16H2. The van der Waals surface area contributed by atoms with Gasteiger partial charge in [-0.3, -0.25) is 0 Å². The lowest BCUT2D eigenvalue weighted by Gasteiger charge is -2.21. The zero-order valence-electron chi connectivity index (χ0n) is 10.3. The normalized spacial score (nSPS) is 37.8. The molecule has 0 radical (unpaired) electrons. The zero-order valence-corrected chi connectivity index (χ0v) is 10.3. The molecule has 2 fully saturated rings. The van der Waals surface area contributed by atoms with Crippen LogP contribution in [0.1, 0.15) is 6.42 Å². The highest BCUT2D eigenvalue weighted by Crippen LogP contribution is 2.51. The fourth-order valence-electron chi connectivity index (χ4n) is 4.19. The molecule has 1 aromatic carbocycles. The third-order valence-corrected chi connectivity index (χ3v) is 5.03. The highest BCUT2D eigenvalue weighted by Gasteiger charge is 2.49. The molecule has 4 unspecified atom stereocenters. The molecule has 1 saturated carbocycles. The molecule has 3 aliphatic rings. The van der Waals surface area contributed by atoms with E-state index in [1.54, 1.807) is 0 Å². The van der Waals surface area contributed by atoms with Gasteiger partial charge in [0.2, 0.25) is 0 Å². The van der Waals surface area contributed by atoms with Crippen LogP contribution in [0.25, 0.3) is 0 Å². The Hall–Kier alpha value is -1.18. The SMILES string of the molecule is Bc1cccc(N2CC3C4C=CC(C4)C3C2)c1. The topological polar surface area (TPSA) is 3.24 Å². The van der Waals surface area contributed by atoms with Crippen molar-refractivity contribution in [2.45, 2.75) is 6.42 Å². The summed E-state index contributed by atoms with van der Waals surface area (Å²) in [5.74, 6) is 3.65. The molecule has 1 saturated heterocycles. The summed E-state index contributed by atoms with van der Waals surface area (Å²) in [5, 5.41) is 0. The Morgan fingerprint density at radius 1 is 1.06 bits per heavy atom. The van der Waals surface area contributed by atoms with Crippen molar-refractivity contribution in [2.75, 3.05) is 18.0 Å². The van der Waals surface area contributed by atoms with E-state index in [9.17, 15) is 0 Å². The van der Waals surface area contributed by atoms with Crippen molar-refractivity contribution in [1.29, 1.82) is 0 Å². The minimum absolute atomic E-state index is 0.889. The summed E-state index contributed by atoms with van der Waals surface area (Å²) >= 11 is 0. The average Bonchev–Trinajstić information content (AvgIpc) is 3.01. The van der Waals surface area contributed by atoms with Crippen LogP contribution in [0.4, 0.5) is 5.69 Å². The first-order chi connectivity index (χ1) is 8.31. The van der Waals surface area contributed by atoms with E-state index in [1.165, 1.54) is 30.7 Å². The third-order valence-electron chi connectivity index (χ3n) is 5.03. The molecule has 1 nitrogen and oxygen atoms in total. The fraction of sp³-hybridized carbons (Fsp3) is 0.467. The van der Waals surface area contributed by atoms with Gasteiger partial charge >= 0.3 is 0 Å². The van der Waals surface area contributed by atoms with Gasteiger partial charge in [-0.15, -0.1) is 0 Å². The van der Waals surface area contributed by atoms with Crippen LogP contribution in [0.5, 0.6) is 0 Å². The van der Waals surface area contributed by atoms with Gasteiger partial charge in [0.15, 0.2) is 0 Å². The zero-order chi connectivity index (χ0) is 11.4. The summed E-state index contributed by atoms with van der Waals surface area (Å²) in [6.45, 7) is 2.55. The number of benzene rings is 1. The Morgan fingerprint density at radius 2 is 1.76 bits per heavy atom. The van der Waals surface area contributed by atoms with Crippen LogP contribution < -0.4 is 10.4 Å². The van der Waals surface area contributed by atoms with Gasteiger partial charge in [0.05, 0.1) is 0 Å². The number of nitrogens with zero attached hydrogens (tertiary/aromatic N) is 1. The molecular formula is C15H18BN. The van der Waals surface area contributed by atoms with Gasteiger partial charge in [-0.05, 0) is 42.2 Å². The molecule has 4 atom stereocenters. The van der Waals surface area contributed by atoms with Gasteiger partial charge < -0.3 is 4.90 Å². The van der Waals surface area contributed by atoms with Crippen LogP contribution in [0.15, 0.2) is 36.4 Å². The minimum Gasteiger partial charge on any atom is -0.371 e. The first-order valence-corrected chi connectivity index (χ1v) is 6.81. The lowest BCUT2D eigenvalue weighted by atomic mass is 9.86. The van der Waals surface area contributed by atoms with E-state index in [4.69, 9.17) is 0 Å². The van der Waals surface area contributed by atoms with Crippen molar-refractivity contribution in [3.63, 3.8) is 0 Å². The van der Waals surface area contributed by atoms with Crippen molar-refractivity contribution in [2.24, 2.45) is 23.7 Å². The quantitative estimate of drug-likeness (QED) is 0.511. The van der Waals surface area contributed by atoms with Gasteiger partial charge in [-0.1, -0.05) is 29.7 Å². The second-order valence-electron chi connectivity index (χ2n) is 6.02. The van der Waals surface area contributed by atoms with Crippen molar-refractivity contribution in [3.05, 3.63) is 36.4 Å². The highest BCUT2D eigenvalue weighted by molar-refractivity contribution is 6.32. The average molecular weight is 223 g/mol. The summed E-state index contributed by atoms with van der Waals surface area (Å²) < 4.78 is 0. The molecule has 1 aliphatic heterocycles. The van der Waals surface area contributed by atoms with E-state index < -0.39 is 0 Å². The first-order valence-electron chi connectivity index (χ1n) is 6.81. The first kappa shape index (κ1) is 9.81. The lowest BCUT2D eigenvalue weighted by Crippen LogP contribution is -2.23. The third kappa shape index (κ3) is 1.39. The number of fused-ring (bicyclic) bond motifs is 5. The van der Waals surface area contributed by atoms with Crippen LogP contribution in [0, 0.1) is 23.7 Å². The van der Waals surface area contributed by atoms with Crippen LogP contribution >= 0.6 is 0 Å². The summed E-state index contributed by atoms with van der Waals surface area (Å²) in [5.41, 5.74) is 2.81. The molecular weight excluding hydrogens is 205 g/mol. The predicted molar refractivity (Wildman–Crippen MR) is 74.6 cm³/mol. The van der Waals surface area contributed by atoms with Gasteiger partial charge in [-0.25, -0.2) is 0 Å². The molecule has 2 aliphatic carbocycles. The monoisotopic (exact) mass is 223 g/mol. The second-order valence-corrected chi connectivity index (χ2v) is 6.02. The number of hydrogen-bond acceptors (Lipinski definition) is 1. The van der Waals surface area contributed by atoms with Gasteiger partial charge in [0.25, 0.3) is 0 Å². The van der Waals surface area contributed by atoms with Crippen LogP contribution in [-0.4, -0.2) is 20.9 Å². The van der Waals surface area contributed by atoms with Gasteiger partial charge in [-0.2, -0.15) is 0 Å². The maximum absolute atomic E-state index is 2.61. The van der Waals surface area contributed by atoms with Gasteiger partial charge in [0.1, 0.15) is 7.85 Å². The largest absolute Gasteiger partial charge is 0.371 e. The second kappa shape index (κ2) is 3.41. The lowest BCUT2D eigenvalue weighted by molar-refractivity contribution is 0.395. The predicted octanol–water partition coefficient (Wildman–Crippen LogP) is 1.20. The number of anilines is 1. The van der Waals surface area contributed by atoms with Crippen LogP contribution in [-0.2, 0) is 0 Å². The maximum atomic E-state index is 2.61. The molecule has 1 aromatic rings. The minimum atomic E-state index is 0.889. The Kier molecular flexibility index (Phi) is 1.97. The van der Waals surface area contributed by atoms with E-state index in [-0.39, 0.29) is 0 Å². The summed E-state index contributed by atoms with van der Waals surface area (Å²) in [7, 11) is 2.19. The Bertz CT molecular complexity index is 462. The molecule has 0 aromatic heterocycles. The molecule has 1 heterocycles. The van der Waals surface area contributed by atoms with Crippen LogP contribution in [0.2, 0.25) is 0 Å². The molecule has 0 spiro atoms. The Labute approximate surface area is 104 Å². The van der Waals surface area contributed by atoms with Crippen molar-refractivity contribution < 1.29 is 0 Å². The number of rotatable bonds is 1. The van der Waals surface area contributed by atoms with Gasteiger partial charge in [0, 0.05) is 18.8 Å². The summed E-state index contributed by atoms with van der Waals surface area (Å²) in [6, 6.07) is 8.97. The van der Waals surface area contributed by atoms with Crippen molar-refractivity contribution in [3.8, 4) is 0 Å². The molecule has 0 N–H and O–H groups in total. The molecule has 2 heteroatoms. The van der Waals surface area contributed by atoms with E-state index in [1.807, 2.05) is 0 Å². The number of hydrogen-bond donors (Lipinski definition) is 0. The maximum Gasteiger partial charge on any atom is 0.139 e. The smallest absolute Gasteiger partial charge is 0.139 e. The Morgan fingerprint density at radius 3 is 2.41 bits per heavy atom. The van der Waals surface area contributed by atoms with Crippen LogP contribution in [0.3, 0.4) is 0 Å².